The van der Waals surface area contributed by atoms with Crippen molar-refractivity contribution in [3.05, 3.63) is 4.91 Å². The number of amides is 2. The van der Waals surface area contributed by atoms with Gasteiger partial charge in [-0.05, 0) is 0 Å². The van der Waals surface area contributed by atoms with Crippen molar-refractivity contribution >= 4 is 17.6 Å². The Morgan fingerprint density at radius 2 is 2.50 bits per heavy atom. The molecule has 0 atom stereocenters. The van der Waals surface area contributed by atoms with E-state index in [0.29, 0.717) is 0 Å². The number of carbonyl (C=O) groups is 1. The average molecular weight is 200 g/mol. The lowest BCUT2D eigenvalue weighted by molar-refractivity contribution is 0.197. The maximum atomic E-state index is 11.2. The fourth-order valence-electron chi connectivity index (χ4n) is 0.405. The smallest absolute Gasteiger partial charge is 0.340 e. The summed E-state index contributed by atoms with van der Waals surface area (Å²) >= 11 is 5.24. The molecule has 0 aliphatic carbocycles. The monoisotopic (exact) mass is 199 g/mol. The lowest BCUT2D eigenvalue weighted by atomic mass is 10.6. The van der Waals surface area contributed by atoms with Crippen LogP contribution in [0.2, 0.25) is 0 Å². The first-order chi connectivity index (χ1) is 7.15. The SMILES string of the molecule is [2H]C([2H])(O)C([2H])([2H])NC(=O)N(CCCl)N=O. The van der Waals surface area contributed by atoms with Gasteiger partial charge in [0.2, 0.25) is 0 Å². The van der Waals surface area contributed by atoms with E-state index in [1.807, 2.05) is 0 Å². The van der Waals surface area contributed by atoms with Gasteiger partial charge in [0.05, 0.1) is 23.9 Å². The first kappa shape index (κ1) is 5.71. The zero-order valence-electron chi connectivity index (χ0n) is 9.95. The maximum Gasteiger partial charge on any atom is 0.340 e. The molecule has 0 aliphatic rings. The average Bonchev–Trinajstić information content (AvgIpc) is 2.11. The Morgan fingerprint density at radius 1 is 1.83 bits per heavy atom. The van der Waals surface area contributed by atoms with Crippen LogP contribution in [0.25, 0.3) is 0 Å². The number of nitrogens with zero attached hydrogens (tertiary/aromatic N) is 2. The summed E-state index contributed by atoms with van der Waals surface area (Å²) in [7, 11) is 0. The highest BCUT2D eigenvalue weighted by molar-refractivity contribution is 6.18. The molecule has 2 N–H and O–H groups in total. The molecule has 0 radical (unpaired) electrons. The molecule has 0 aromatic carbocycles. The minimum absolute atomic E-state index is 0.103. The number of urea groups is 1. The van der Waals surface area contributed by atoms with E-state index < -0.39 is 19.1 Å². The van der Waals surface area contributed by atoms with Crippen LogP contribution < -0.4 is 5.32 Å². The zero-order valence-corrected chi connectivity index (χ0v) is 6.71. The van der Waals surface area contributed by atoms with Gasteiger partial charge in [0.1, 0.15) is 0 Å². The Labute approximate surface area is 80.1 Å². The van der Waals surface area contributed by atoms with Gasteiger partial charge in [-0.1, -0.05) is 0 Å². The molecule has 0 bridgehead atoms. The lowest BCUT2D eigenvalue weighted by Gasteiger charge is -2.11. The third kappa shape index (κ3) is 4.09. The van der Waals surface area contributed by atoms with Crippen molar-refractivity contribution in [2.45, 2.75) is 0 Å². The van der Waals surface area contributed by atoms with Crippen molar-refractivity contribution in [1.29, 1.82) is 0 Å². The van der Waals surface area contributed by atoms with Crippen LogP contribution in [0.1, 0.15) is 5.48 Å². The van der Waals surface area contributed by atoms with Gasteiger partial charge >= 0.3 is 6.03 Å². The van der Waals surface area contributed by atoms with Crippen LogP contribution in [-0.4, -0.2) is 41.6 Å². The van der Waals surface area contributed by atoms with Crippen LogP contribution in [0, 0.1) is 4.91 Å². The highest BCUT2D eigenvalue weighted by Crippen LogP contribution is 1.90. The quantitative estimate of drug-likeness (QED) is 0.369. The first-order valence-corrected chi connectivity index (χ1v) is 3.40. The minimum Gasteiger partial charge on any atom is -0.395 e. The van der Waals surface area contributed by atoms with Crippen molar-refractivity contribution in [1.82, 2.24) is 10.3 Å². The number of hydrogen-bond acceptors (Lipinski definition) is 4. The predicted molar refractivity (Wildman–Crippen MR) is 43.7 cm³/mol. The fraction of sp³-hybridized carbons (Fsp3) is 0.800. The molecular formula is C5H10ClN3O3. The van der Waals surface area contributed by atoms with Gasteiger partial charge in [-0.2, -0.15) is 5.01 Å². The second-order valence-electron chi connectivity index (χ2n) is 1.56. The van der Waals surface area contributed by atoms with Crippen LogP contribution in [0.15, 0.2) is 5.29 Å². The van der Waals surface area contributed by atoms with E-state index in [-0.39, 0.29) is 17.4 Å². The Balaban J connectivity index is 4.60. The first-order valence-electron chi connectivity index (χ1n) is 4.87. The summed E-state index contributed by atoms with van der Waals surface area (Å²) in [6, 6.07) is -1.29. The Kier molecular flexibility index (Phi) is 3.24. The van der Waals surface area contributed by atoms with Crippen molar-refractivity contribution < 1.29 is 15.4 Å². The van der Waals surface area contributed by atoms with Gasteiger partial charge in [0.15, 0.2) is 0 Å². The number of nitrogens with one attached hydrogen (secondary N) is 1. The van der Waals surface area contributed by atoms with Crippen LogP contribution in [-0.2, 0) is 0 Å². The molecule has 0 unspecified atom stereocenters. The molecule has 0 fully saturated rings. The Hall–Kier alpha value is -0.880. The van der Waals surface area contributed by atoms with E-state index >= 15 is 0 Å². The van der Waals surface area contributed by atoms with Gasteiger partial charge in [0, 0.05) is 12.4 Å². The molecule has 6 nitrogen and oxygen atoms in total. The third-order valence-electron chi connectivity index (χ3n) is 0.855. The molecule has 0 aromatic rings. The van der Waals surface area contributed by atoms with Crippen molar-refractivity contribution in [2.75, 3.05) is 25.5 Å². The number of carbonyl (C=O) groups excluding carboxylic acids is 1. The number of alkyl halides is 1. The van der Waals surface area contributed by atoms with Crippen LogP contribution >= 0.6 is 11.6 Å². The number of nitroso groups, excluding NO2 is 1. The molecule has 2 amide bonds. The van der Waals surface area contributed by atoms with Crippen LogP contribution in [0.4, 0.5) is 4.79 Å². The van der Waals surface area contributed by atoms with E-state index in [1.165, 1.54) is 5.32 Å². The summed E-state index contributed by atoms with van der Waals surface area (Å²) in [4.78, 5) is 21.3. The molecule has 0 saturated carbocycles. The van der Waals surface area contributed by atoms with Crippen LogP contribution in [0.5, 0.6) is 0 Å². The Bertz CT molecular complexity index is 272. The number of hydrogen-bond donors (Lipinski definition) is 2. The summed E-state index contributed by atoms with van der Waals surface area (Å²) < 4.78 is 27.4. The van der Waals surface area contributed by atoms with E-state index in [1.54, 1.807) is 0 Å². The molecule has 0 saturated heterocycles. The molecule has 70 valence electrons. The topological polar surface area (TPSA) is 82.0 Å². The van der Waals surface area contributed by atoms with Crippen molar-refractivity contribution in [3.8, 4) is 0 Å². The molecule has 7 heteroatoms. The summed E-state index contributed by atoms with van der Waals surface area (Å²) in [5, 5.41) is 12.8. The summed E-state index contributed by atoms with van der Waals surface area (Å²) in [6.07, 6.45) is 0. The van der Waals surface area contributed by atoms with Gasteiger partial charge in [0.25, 0.3) is 0 Å². The summed E-state index contributed by atoms with van der Waals surface area (Å²) in [5.74, 6) is -0.103. The maximum absolute atomic E-state index is 11.2. The molecule has 12 heavy (non-hydrogen) atoms. The number of halogens is 1. The number of aliphatic hydroxyl groups is 1. The van der Waals surface area contributed by atoms with Crippen molar-refractivity contribution in [2.24, 2.45) is 5.29 Å². The Morgan fingerprint density at radius 3 is 2.92 bits per heavy atom. The second kappa shape index (κ2) is 6.81. The normalized spacial score (nSPS) is 16.5. The second-order valence-corrected chi connectivity index (χ2v) is 1.94. The summed E-state index contributed by atoms with van der Waals surface area (Å²) in [5.41, 5.74) is 0. The largest absolute Gasteiger partial charge is 0.395 e. The zero-order chi connectivity index (χ0) is 13.0. The molecule has 0 rings (SSSR count). The van der Waals surface area contributed by atoms with E-state index in [0.717, 1.165) is 0 Å². The molecule has 0 heterocycles. The fourth-order valence-corrected chi connectivity index (χ4v) is 0.566. The third-order valence-corrected chi connectivity index (χ3v) is 1.02. The number of rotatable bonds is 5. The van der Waals surface area contributed by atoms with Gasteiger partial charge in [-0.25, -0.2) is 4.79 Å². The van der Waals surface area contributed by atoms with Gasteiger partial charge < -0.3 is 10.4 Å². The van der Waals surface area contributed by atoms with Gasteiger partial charge in [-0.3, -0.25) is 0 Å². The standard InChI is InChI=1S/C5H10ClN3O3/c6-1-3-9(8-12)5(11)7-2-4-10/h10H,1-4H2,(H,7,11)/i2D2,4D2. The van der Waals surface area contributed by atoms with Crippen LogP contribution in [0.3, 0.4) is 0 Å². The highest BCUT2D eigenvalue weighted by Gasteiger charge is 2.11. The summed E-state index contributed by atoms with van der Waals surface area (Å²) in [6.45, 7) is -6.61. The molecule has 0 aliphatic heterocycles. The highest BCUT2D eigenvalue weighted by atomic mass is 35.5. The lowest BCUT2D eigenvalue weighted by Crippen LogP contribution is -2.38. The van der Waals surface area contributed by atoms with Gasteiger partial charge in [-0.15, -0.1) is 16.5 Å². The van der Waals surface area contributed by atoms with E-state index in [4.69, 9.17) is 22.2 Å². The predicted octanol–water partition coefficient (Wildman–Crippen LogP) is -0.0895. The molecule has 0 spiro atoms. The van der Waals surface area contributed by atoms with Crippen molar-refractivity contribution in [3.63, 3.8) is 0 Å². The molecule has 0 aromatic heterocycles. The van der Waals surface area contributed by atoms with E-state index in [2.05, 4.69) is 5.29 Å². The molecular weight excluding hydrogens is 186 g/mol. The minimum atomic E-state index is -3.29. The van der Waals surface area contributed by atoms with E-state index in [9.17, 15) is 9.70 Å².